The molecule has 0 aromatic heterocycles. The molecule has 1 amide bonds. The summed E-state index contributed by atoms with van der Waals surface area (Å²) in [5.41, 5.74) is 1.75. The first kappa shape index (κ1) is 13.8. The molecule has 4 heteroatoms. The molecular weight excluding hydrogens is 238 g/mol. The van der Waals surface area contributed by atoms with E-state index in [-0.39, 0.29) is 11.8 Å². The number of unbranched alkanes of at least 4 members (excludes halogenated alkanes) is 1. The van der Waals surface area contributed by atoms with Crippen molar-refractivity contribution in [3.8, 4) is 5.75 Å². The summed E-state index contributed by atoms with van der Waals surface area (Å²) in [5, 5.41) is 2.73. The van der Waals surface area contributed by atoms with Crippen molar-refractivity contribution in [3.63, 3.8) is 0 Å². The van der Waals surface area contributed by atoms with E-state index in [1.807, 2.05) is 25.1 Å². The smallest absolute Gasteiger partial charge is 0.239 e. The molecule has 0 bridgehead atoms. The van der Waals surface area contributed by atoms with Gasteiger partial charge >= 0.3 is 0 Å². The van der Waals surface area contributed by atoms with Crippen LogP contribution in [0.3, 0.4) is 0 Å². The number of aryl methyl sites for hydroxylation is 1. The Balaban J connectivity index is 2.62. The number of hydrogen-bond acceptors (Lipinski definition) is 2. The molecule has 0 aliphatic carbocycles. The van der Waals surface area contributed by atoms with Crippen molar-refractivity contribution >= 4 is 23.2 Å². The van der Waals surface area contributed by atoms with Crippen molar-refractivity contribution in [2.24, 2.45) is 0 Å². The quantitative estimate of drug-likeness (QED) is 0.625. The molecule has 0 heterocycles. The van der Waals surface area contributed by atoms with E-state index in [1.54, 1.807) is 0 Å². The lowest BCUT2D eigenvalue weighted by molar-refractivity contribution is -0.113. The minimum absolute atomic E-state index is 0.0335. The van der Waals surface area contributed by atoms with Crippen LogP contribution in [0.5, 0.6) is 5.75 Å². The third-order valence-electron chi connectivity index (χ3n) is 2.36. The van der Waals surface area contributed by atoms with E-state index in [0.717, 1.165) is 36.4 Å². The topological polar surface area (TPSA) is 38.3 Å². The molecule has 0 aliphatic rings. The average Bonchev–Trinajstić information content (AvgIpc) is 2.32. The molecule has 0 aliphatic heterocycles. The molecule has 1 aromatic carbocycles. The van der Waals surface area contributed by atoms with E-state index in [2.05, 4.69) is 12.2 Å². The number of halogens is 1. The van der Waals surface area contributed by atoms with Gasteiger partial charge in [0.05, 0.1) is 6.61 Å². The first-order valence-corrected chi connectivity index (χ1v) is 6.30. The summed E-state index contributed by atoms with van der Waals surface area (Å²) in [6.45, 7) is 4.78. The monoisotopic (exact) mass is 255 g/mol. The summed E-state index contributed by atoms with van der Waals surface area (Å²) in [5.74, 6) is 0.600. The van der Waals surface area contributed by atoms with Gasteiger partial charge < -0.3 is 10.1 Å². The minimum Gasteiger partial charge on any atom is -0.494 e. The predicted molar refractivity (Wildman–Crippen MR) is 70.9 cm³/mol. The van der Waals surface area contributed by atoms with Gasteiger partial charge in [-0.15, -0.1) is 11.6 Å². The van der Waals surface area contributed by atoms with Crippen molar-refractivity contribution in [2.45, 2.75) is 26.7 Å². The number of hydrogen-bond donors (Lipinski definition) is 1. The molecule has 17 heavy (non-hydrogen) atoms. The number of amides is 1. The van der Waals surface area contributed by atoms with Crippen LogP contribution in [0.2, 0.25) is 0 Å². The highest BCUT2D eigenvalue weighted by Crippen LogP contribution is 2.21. The van der Waals surface area contributed by atoms with E-state index >= 15 is 0 Å². The molecule has 94 valence electrons. The third-order valence-corrected chi connectivity index (χ3v) is 2.60. The predicted octanol–water partition coefficient (Wildman–Crippen LogP) is 3.35. The number of anilines is 1. The molecule has 0 spiro atoms. The summed E-state index contributed by atoms with van der Waals surface area (Å²) in [4.78, 5) is 11.2. The fraction of sp³-hybridized carbons (Fsp3) is 0.462. The molecule has 0 saturated heterocycles. The molecule has 0 fully saturated rings. The number of carbonyl (C=O) groups excluding carboxylic acids is 1. The lowest BCUT2D eigenvalue weighted by atomic mass is 10.2. The van der Waals surface area contributed by atoms with E-state index in [9.17, 15) is 4.79 Å². The van der Waals surface area contributed by atoms with Crippen molar-refractivity contribution in [2.75, 3.05) is 17.8 Å². The zero-order chi connectivity index (χ0) is 12.7. The van der Waals surface area contributed by atoms with Gasteiger partial charge in [0.25, 0.3) is 0 Å². The molecule has 0 radical (unpaired) electrons. The number of rotatable bonds is 6. The number of carbonyl (C=O) groups is 1. The molecule has 0 saturated carbocycles. The summed E-state index contributed by atoms with van der Waals surface area (Å²) >= 11 is 5.43. The normalized spacial score (nSPS) is 10.1. The maximum atomic E-state index is 11.2. The highest BCUT2D eigenvalue weighted by Gasteiger charge is 2.04. The first-order chi connectivity index (χ1) is 8.17. The molecule has 0 unspecified atom stereocenters. The van der Waals surface area contributed by atoms with Crippen LogP contribution in [0.25, 0.3) is 0 Å². The second-order valence-electron chi connectivity index (χ2n) is 3.86. The Morgan fingerprint density at radius 2 is 2.24 bits per heavy atom. The van der Waals surface area contributed by atoms with Gasteiger partial charge in [0.2, 0.25) is 5.91 Å². The van der Waals surface area contributed by atoms with Gasteiger partial charge in [0, 0.05) is 5.69 Å². The number of ether oxygens (including phenoxy) is 1. The number of benzene rings is 1. The van der Waals surface area contributed by atoms with E-state index in [0.29, 0.717) is 0 Å². The van der Waals surface area contributed by atoms with Crippen molar-refractivity contribution < 1.29 is 9.53 Å². The van der Waals surface area contributed by atoms with Gasteiger partial charge in [-0.1, -0.05) is 13.3 Å². The molecule has 1 N–H and O–H groups in total. The third kappa shape index (κ3) is 4.65. The van der Waals surface area contributed by atoms with Gasteiger partial charge in [0.15, 0.2) is 0 Å². The Labute approximate surface area is 107 Å². The van der Waals surface area contributed by atoms with Crippen LogP contribution in [0.15, 0.2) is 18.2 Å². The fourth-order valence-electron chi connectivity index (χ4n) is 1.38. The van der Waals surface area contributed by atoms with Crippen LogP contribution in [0.4, 0.5) is 5.69 Å². The standard InChI is InChI=1S/C13H18ClNO2/c1-3-4-7-17-11-5-6-12(10(2)8-11)15-13(16)9-14/h5-6,8H,3-4,7,9H2,1-2H3,(H,15,16). The van der Waals surface area contributed by atoms with Crippen LogP contribution >= 0.6 is 11.6 Å². The Morgan fingerprint density at radius 3 is 2.82 bits per heavy atom. The van der Waals surface area contributed by atoms with Gasteiger partial charge in [-0.25, -0.2) is 0 Å². The fourth-order valence-corrected chi connectivity index (χ4v) is 1.45. The van der Waals surface area contributed by atoms with Gasteiger partial charge in [-0.3, -0.25) is 4.79 Å². The summed E-state index contributed by atoms with van der Waals surface area (Å²) < 4.78 is 5.57. The van der Waals surface area contributed by atoms with Crippen molar-refractivity contribution in [3.05, 3.63) is 23.8 Å². The Morgan fingerprint density at radius 1 is 1.47 bits per heavy atom. The number of alkyl halides is 1. The van der Waals surface area contributed by atoms with Crippen LogP contribution in [-0.2, 0) is 4.79 Å². The van der Waals surface area contributed by atoms with E-state index < -0.39 is 0 Å². The second-order valence-corrected chi connectivity index (χ2v) is 4.13. The zero-order valence-electron chi connectivity index (χ0n) is 10.3. The molecule has 3 nitrogen and oxygen atoms in total. The van der Waals surface area contributed by atoms with Crippen LogP contribution in [0, 0.1) is 6.92 Å². The maximum absolute atomic E-state index is 11.2. The molecule has 1 rings (SSSR count). The molecular formula is C13H18ClNO2. The Kier molecular flexibility index (Phi) is 5.84. The lowest BCUT2D eigenvalue weighted by Gasteiger charge is -2.10. The zero-order valence-corrected chi connectivity index (χ0v) is 11.0. The van der Waals surface area contributed by atoms with Crippen molar-refractivity contribution in [1.29, 1.82) is 0 Å². The number of nitrogens with one attached hydrogen (secondary N) is 1. The Bertz CT molecular complexity index is 380. The maximum Gasteiger partial charge on any atom is 0.239 e. The first-order valence-electron chi connectivity index (χ1n) is 5.76. The van der Waals surface area contributed by atoms with Gasteiger partial charge in [-0.2, -0.15) is 0 Å². The molecule has 0 atom stereocenters. The highest BCUT2D eigenvalue weighted by molar-refractivity contribution is 6.29. The van der Waals surface area contributed by atoms with Crippen LogP contribution in [0.1, 0.15) is 25.3 Å². The van der Waals surface area contributed by atoms with E-state index in [4.69, 9.17) is 16.3 Å². The van der Waals surface area contributed by atoms with Crippen LogP contribution in [-0.4, -0.2) is 18.4 Å². The molecule has 1 aromatic rings. The summed E-state index contributed by atoms with van der Waals surface area (Å²) in [7, 11) is 0. The average molecular weight is 256 g/mol. The minimum atomic E-state index is -0.200. The largest absolute Gasteiger partial charge is 0.494 e. The summed E-state index contributed by atoms with van der Waals surface area (Å²) in [6, 6.07) is 5.60. The van der Waals surface area contributed by atoms with Gasteiger partial charge in [0.1, 0.15) is 11.6 Å². The van der Waals surface area contributed by atoms with Gasteiger partial charge in [-0.05, 0) is 37.1 Å². The summed E-state index contributed by atoms with van der Waals surface area (Å²) in [6.07, 6.45) is 2.16. The highest BCUT2D eigenvalue weighted by atomic mass is 35.5. The van der Waals surface area contributed by atoms with Crippen molar-refractivity contribution in [1.82, 2.24) is 0 Å². The SMILES string of the molecule is CCCCOc1ccc(NC(=O)CCl)c(C)c1. The second kappa shape index (κ2) is 7.17. The van der Waals surface area contributed by atoms with Crippen LogP contribution < -0.4 is 10.1 Å². The van der Waals surface area contributed by atoms with E-state index in [1.165, 1.54) is 0 Å². The Hall–Kier alpha value is -1.22. The lowest BCUT2D eigenvalue weighted by Crippen LogP contribution is -2.13.